The Labute approximate surface area is 219 Å². The van der Waals surface area contributed by atoms with Crippen LogP contribution in [0.4, 0.5) is 4.39 Å². The van der Waals surface area contributed by atoms with Crippen LogP contribution in [0.25, 0.3) is 11.1 Å². The van der Waals surface area contributed by atoms with E-state index in [4.69, 9.17) is 4.74 Å². The largest absolute Gasteiger partial charge is 0.489 e. The van der Waals surface area contributed by atoms with E-state index < -0.39 is 6.17 Å². The number of unbranched alkanes of at least 4 members (excludes halogenated alkanes) is 5. The summed E-state index contributed by atoms with van der Waals surface area (Å²) in [5.41, 5.74) is 6.22. The molecule has 0 fully saturated rings. The van der Waals surface area contributed by atoms with Crippen LogP contribution in [0.5, 0.6) is 5.75 Å². The normalized spacial score (nSPS) is 12.9. The van der Waals surface area contributed by atoms with Gasteiger partial charge in [0.1, 0.15) is 12.4 Å². The summed E-state index contributed by atoms with van der Waals surface area (Å²) in [7, 11) is 0. The number of halogens is 1. The lowest BCUT2D eigenvalue weighted by Crippen LogP contribution is -2.08. The third-order valence-corrected chi connectivity index (χ3v) is 7.09. The lowest BCUT2D eigenvalue weighted by Gasteiger charge is -2.21. The first-order valence-electron chi connectivity index (χ1n) is 14.1. The van der Waals surface area contributed by atoms with E-state index in [0.29, 0.717) is 13.0 Å². The molecular weight excluding hydrogens is 443 g/mol. The Hall–Kier alpha value is -2.61. The Bertz CT molecular complexity index is 993. The number of aryl methyl sites for hydroxylation is 1. The molecule has 0 N–H and O–H groups in total. The molecule has 2 atom stereocenters. The Morgan fingerprint density at radius 1 is 0.778 bits per heavy atom. The lowest BCUT2D eigenvalue weighted by atomic mass is 9.86. The van der Waals surface area contributed by atoms with E-state index in [1.807, 2.05) is 30.3 Å². The van der Waals surface area contributed by atoms with Gasteiger partial charge in [-0.15, -0.1) is 0 Å². The molecule has 3 aromatic rings. The zero-order valence-corrected chi connectivity index (χ0v) is 22.6. The molecule has 2 unspecified atom stereocenters. The average molecular weight is 489 g/mol. The zero-order chi connectivity index (χ0) is 25.6. The van der Waals surface area contributed by atoms with E-state index in [2.05, 4.69) is 56.3 Å². The third-order valence-electron chi connectivity index (χ3n) is 7.09. The molecule has 194 valence electrons. The molecule has 0 amide bonds. The molecular formula is C34H45FO. The van der Waals surface area contributed by atoms with Gasteiger partial charge < -0.3 is 4.74 Å². The zero-order valence-electron chi connectivity index (χ0n) is 22.6. The Morgan fingerprint density at radius 2 is 1.50 bits per heavy atom. The lowest BCUT2D eigenvalue weighted by molar-refractivity contribution is 0.304. The Morgan fingerprint density at radius 3 is 2.19 bits per heavy atom. The first-order chi connectivity index (χ1) is 17.6. The summed E-state index contributed by atoms with van der Waals surface area (Å²) in [5.74, 6) is 1.11. The van der Waals surface area contributed by atoms with E-state index in [1.165, 1.54) is 66.3 Å². The van der Waals surface area contributed by atoms with E-state index >= 15 is 0 Å². The molecule has 0 heterocycles. The molecule has 2 heteroatoms. The highest BCUT2D eigenvalue weighted by atomic mass is 19.1. The second kappa shape index (κ2) is 15.5. The number of ether oxygens (including phenoxy) is 1. The van der Waals surface area contributed by atoms with Crippen molar-refractivity contribution in [1.82, 2.24) is 0 Å². The smallest absolute Gasteiger partial charge is 0.119 e. The number of hydrogen-bond donors (Lipinski definition) is 0. The first-order valence-corrected chi connectivity index (χ1v) is 14.1. The SMILES string of the molecule is CCCCCCc1ccc(-c2ccc(C(CCCCC)CC(C)F)cc2COc2ccccc2)cc1. The number of benzene rings is 3. The summed E-state index contributed by atoms with van der Waals surface area (Å²) in [5, 5.41) is 0. The van der Waals surface area contributed by atoms with Crippen LogP contribution in [0.3, 0.4) is 0 Å². The summed E-state index contributed by atoms with van der Waals surface area (Å²) >= 11 is 0. The second-order valence-corrected chi connectivity index (χ2v) is 10.2. The fraction of sp³-hybridized carbons (Fsp3) is 0.471. The van der Waals surface area contributed by atoms with Crippen molar-refractivity contribution in [2.45, 2.75) is 104 Å². The van der Waals surface area contributed by atoms with Crippen LogP contribution in [0, 0.1) is 0 Å². The molecule has 0 saturated heterocycles. The highest BCUT2D eigenvalue weighted by Crippen LogP contribution is 2.33. The maximum Gasteiger partial charge on any atom is 0.119 e. The van der Waals surface area contributed by atoms with Crippen molar-refractivity contribution in [1.29, 1.82) is 0 Å². The van der Waals surface area contributed by atoms with Gasteiger partial charge in [-0.2, -0.15) is 0 Å². The van der Waals surface area contributed by atoms with Crippen LogP contribution in [0.2, 0.25) is 0 Å². The molecule has 36 heavy (non-hydrogen) atoms. The van der Waals surface area contributed by atoms with Crippen LogP contribution in [0.15, 0.2) is 72.8 Å². The predicted molar refractivity (Wildman–Crippen MR) is 153 cm³/mol. The molecule has 0 aliphatic carbocycles. The van der Waals surface area contributed by atoms with Gasteiger partial charge in [-0.25, -0.2) is 4.39 Å². The van der Waals surface area contributed by atoms with Gasteiger partial charge in [0.05, 0.1) is 6.17 Å². The quantitative estimate of drug-likeness (QED) is 0.182. The average Bonchev–Trinajstić information content (AvgIpc) is 2.90. The van der Waals surface area contributed by atoms with Gasteiger partial charge in [0.25, 0.3) is 0 Å². The highest BCUT2D eigenvalue weighted by molar-refractivity contribution is 5.68. The van der Waals surface area contributed by atoms with Gasteiger partial charge in [-0.1, -0.05) is 113 Å². The molecule has 0 aromatic heterocycles. The van der Waals surface area contributed by atoms with E-state index in [-0.39, 0.29) is 5.92 Å². The molecule has 1 nitrogen and oxygen atoms in total. The molecule has 3 rings (SSSR count). The van der Waals surface area contributed by atoms with Crippen LogP contribution in [0.1, 0.15) is 101 Å². The molecule has 0 aliphatic heterocycles. The van der Waals surface area contributed by atoms with Gasteiger partial charge in [-0.3, -0.25) is 0 Å². The maximum absolute atomic E-state index is 14.1. The highest BCUT2D eigenvalue weighted by Gasteiger charge is 2.17. The molecule has 3 aromatic carbocycles. The Kier molecular flexibility index (Phi) is 12.0. The molecule has 0 saturated carbocycles. The topological polar surface area (TPSA) is 9.23 Å². The summed E-state index contributed by atoms with van der Waals surface area (Å²) in [6, 6.07) is 25.8. The van der Waals surface area contributed by atoms with E-state index in [0.717, 1.165) is 25.0 Å². The predicted octanol–water partition coefficient (Wildman–Crippen LogP) is 10.5. The molecule has 0 aliphatic rings. The fourth-order valence-electron chi connectivity index (χ4n) is 5.01. The fourth-order valence-corrected chi connectivity index (χ4v) is 5.01. The van der Waals surface area contributed by atoms with E-state index in [9.17, 15) is 4.39 Å². The number of rotatable bonds is 16. The molecule has 0 spiro atoms. The van der Waals surface area contributed by atoms with Crippen LogP contribution >= 0.6 is 0 Å². The van der Waals surface area contributed by atoms with Gasteiger partial charge in [0.2, 0.25) is 0 Å². The van der Waals surface area contributed by atoms with Crippen LogP contribution in [-0.4, -0.2) is 6.17 Å². The van der Waals surface area contributed by atoms with Gasteiger partial charge >= 0.3 is 0 Å². The summed E-state index contributed by atoms with van der Waals surface area (Å²) < 4.78 is 20.3. The van der Waals surface area contributed by atoms with Crippen molar-refractivity contribution in [3.63, 3.8) is 0 Å². The van der Waals surface area contributed by atoms with Crippen molar-refractivity contribution in [3.8, 4) is 16.9 Å². The number of alkyl halides is 1. The second-order valence-electron chi connectivity index (χ2n) is 10.2. The van der Waals surface area contributed by atoms with Gasteiger partial charge in [0.15, 0.2) is 0 Å². The molecule has 0 radical (unpaired) electrons. The van der Waals surface area contributed by atoms with Crippen molar-refractivity contribution in [3.05, 3.63) is 89.5 Å². The first kappa shape index (κ1) is 28.0. The monoisotopic (exact) mass is 488 g/mol. The van der Waals surface area contributed by atoms with Crippen molar-refractivity contribution >= 4 is 0 Å². The van der Waals surface area contributed by atoms with Gasteiger partial charge in [0, 0.05) is 0 Å². The summed E-state index contributed by atoms with van der Waals surface area (Å²) in [4.78, 5) is 0. The van der Waals surface area contributed by atoms with Gasteiger partial charge in [-0.05, 0) is 78.5 Å². The van der Waals surface area contributed by atoms with Crippen LogP contribution < -0.4 is 4.74 Å². The minimum absolute atomic E-state index is 0.242. The molecule has 0 bridgehead atoms. The minimum Gasteiger partial charge on any atom is -0.489 e. The summed E-state index contributed by atoms with van der Waals surface area (Å²) in [6.07, 6.45) is 10.6. The van der Waals surface area contributed by atoms with Crippen molar-refractivity contribution in [2.24, 2.45) is 0 Å². The number of hydrogen-bond acceptors (Lipinski definition) is 1. The van der Waals surface area contributed by atoms with Crippen LogP contribution in [-0.2, 0) is 13.0 Å². The Balaban J connectivity index is 1.85. The third kappa shape index (κ3) is 9.12. The standard InChI is InChI=1S/C34H45FO/c1-4-6-8-11-14-28-18-20-29(21-19-28)34-23-22-31(30(24-27(3)35)15-10-7-5-2)25-32(34)26-36-33-16-12-9-13-17-33/h9,12-13,16-23,25,27,30H,4-8,10-11,14-15,24,26H2,1-3H3. The maximum atomic E-state index is 14.1. The van der Waals surface area contributed by atoms with Crippen molar-refractivity contribution in [2.75, 3.05) is 0 Å². The minimum atomic E-state index is -0.801. The van der Waals surface area contributed by atoms with Crippen molar-refractivity contribution < 1.29 is 9.13 Å². The summed E-state index contributed by atoms with van der Waals surface area (Å²) in [6.45, 7) is 6.66. The number of para-hydroxylation sites is 1. The van der Waals surface area contributed by atoms with E-state index in [1.54, 1.807) is 6.92 Å².